The van der Waals surface area contributed by atoms with Crippen LogP contribution in [-0.4, -0.2) is 55.0 Å². The number of rotatable bonds is 9. The van der Waals surface area contributed by atoms with E-state index in [1.807, 2.05) is 32.0 Å². The Hall–Kier alpha value is -2.45. The monoisotopic (exact) mass is 542 g/mol. The standard InChI is InChI=1S/C31H46N2O6/c1-30(2)20-37-31(3,4)39-27(30)29(36)32-18-17-26(34)38-25-16-9-8-15-24(25)33-28(35)23-14-10-13-22(23)19-21-11-6-5-7-12-21/h5-7,11-12,22-25,27H,8-10,13-20H2,1-4H3,(H,32,36)(H,33,35). The summed E-state index contributed by atoms with van der Waals surface area (Å²) in [5.41, 5.74) is 0.794. The van der Waals surface area contributed by atoms with E-state index in [4.69, 9.17) is 14.2 Å². The lowest BCUT2D eigenvalue weighted by Gasteiger charge is -2.44. The van der Waals surface area contributed by atoms with Crippen molar-refractivity contribution in [2.75, 3.05) is 13.2 Å². The summed E-state index contributed by atoms with van der Waals surface area (Å²) in [5.74, 6) is -1.02. The average molecular weight is 543 g/mol. The molecule has 4 rings (SSSR count). The maximum Gasteiger partial charge on any atom is 0.307 e. The van der Waals surface area contributed by atoms with Gasteiger partial charge in [0.1, 0.15) is 12.2 Å². The second kappa shape index (κ2) is 12.8. The first-order valence-electron chi connectivity index (χ1n) is 14.7. The third-order valence-electron chi connectivity index (χ3n) is 8.42. The van der Waals surface area contributed by atoms with E-state index < -0.39 is 17.3 Å². The third-order valence-corrected chi connectivity index (χ3v) is 8.42. The van der Waals surface area contributed by atoms with E-state index in [-0.39, 0.29) is 48.8 Å². The van der Waals surface area contributed by atoms with Crippen LogP contribution in [0.5, 0.6) is 0 Å². The van der Waals surface area contributed by atoms with Gasteiger partial charge in [0.25, 0.3) is 0 Å². The molecule has 216 valence electrons. The van der Waals surface area contributed by atoms with Crippen LogP contribution in [0, 0.1) is 17.3 Å². The molecule has 5 atom stereocenters. The Balaban J connectivity index is 1.24. The van der Waals surface area contributed by atoms with E-state index in [2.05, 4.69) is 22.8 Å². The molecule has 1 aliphatic heterocycles. The van der Waals surface area contributed by atoms with Gasteiger partial charge in [-0.2, -0.15) is 0 Å². The number of hydrogen-bond donors (Lipinski definition) is 2. The Morgan fingerprint density at radius 1 is 0.949 bits per heavy atom. The first kappa shape index (κ1) is 29.5. The van der Waals surface area contributed by atoms with Gasteiger partial charge >= 0.3 is 5.97 Å². The van der Waals surface area contributed by atoms with Crippen LogP contribution in [0.15, 0.2) is 30.3 Å². The van der Waals surface area contributed by atoms with Crippen LogP contribution in [0.3, 0.4) is 0 Å². The lowest BCUT2D eigenvalue weighted by atomic mass is 9.85. The van der Waals surface area contributed by atoms with E-state index in [0.29, 0.717) is 12.5 Å². The number of amides is 2. The number of benzene rings is 1. The van der Waals surface area contributed by atoms with Crippen molar-refractivity contribution < 1.29 is 28.6 Å². The molecule has 2 aliphatic carbocycles. The van der Waals surface area contributed by atoms with E-state index in [1.54, 1.807) is 13.8 Å². The minimum atomic E-state index is -0.836. The van der Waals surface area contributed by atoms with Crippen molar-refractivity contribution in [3.63, 3.8) is 0 Å². The summed E-state index contributed by atoms with van der Waals surface area (Å²) in [6.07, 6.45) is 6.53. The third kappa shape index (κ3) is 8.04. The molecule has 0 spiro atoms. The topological polar surface area (TPSA) is 103 Å². The smallest absolute Gasteiger partial charge is 0.307 e. The highest BCUT2D eigenvalue weighted by Crippen LogP contribution is 2.36. The number of carbonyl (C=O) groups is 3. The van der Waals surface area contributed by atoms with Crippen molar-refractivity contribution >= 4 is 17.8 Å². The zero-order valence-electron chi connectivity index (χ0n) is 24.0. The highest BCUT2D eigenvalue weighted by atomic mass is 16.7. The molecule has 1 aromatic carbocycles. The van der Waals surface area contributed by atoms with Crippen molar-refractivity contribution in [2.24, 2.45) is 17.3 Å². The number of esters is 1. The summed E-state index contributed by atoms with van der Waals surface area (Å²) < 4.78 is 17.4. The van der Waals surface area contributed by atoms with E-state index in [1.165, 1.54) is 5.56 Å². The molecule has 3 aliphatic rings. The molecule has 2 N–H and O–H groups in total. The van der Waals surface area contributed by atoms with Gasteiger partial charge in [-0.1, -0.05) is 57.0 Å². The van der Waals surface area contributed by atoms with Gasteiger partial charge in [-0.3, -0.25) is 14.4 Å². The molecular formula is C31H46N2O6. The van der Waals surface area contributed by atoms with Crippen LogP contribution in [-0.2, 0) is 35.0 Å². The highest BCUT2D eigenvalue weighted by Gasteiger charge is 2.45. The van der Waals surface area contributed by atoms with Gasteiger partial charge in [-0.05, 0) is 63.9 Å². The fourth-order valence-corrected chi connectivity index (χ4v) is 6.17. The molecule has 8 heteroatoms. The minimum absolute atomic E-state index is 0.000307. The Labute approximate surface area is 232 Å². The molecule has 3 fully saturated rings. The number of hydrogen-bond acceptors (Lipinski definition) is 6. The molecule has 8 nitrogen and oxygen atoms in total. The van der Waals surface area contributed by atoms with Crippen LogP contribution in [0.25, 0.3) is 0 Å². The molecule has 1 heterocycles. The molecule has 1 saturated heterocycles. The quantitative estimate of drug-likeness (QED) is 0.451. The summed E-state index contributed by atoms with van der Waals surface area (Å²) in [4.78, 5) is 38.8. The summed E-state index contributed by atoms with van der Waals surface area (Å²) >= 11 is 0. The largest absolute Gasteiger partial charge is 0.460 e. The lowest BCUT2D eigenvalue weighted by molar-refractivity contribution is -0.304. The molecular weight excluding hydrogens is 496 g/mol. The molecule has 39 heavy (non-hydrogen) atoms. The van der Waals surface area contributed by atoms with Gasteiger partial charge in [0.05, 0.1) is 19.1 Å². The Bertz CT molecular complexity index is 994. The fourth-order valence-electron chi connectivity index (χ4n) is 6.17. The molecule has 0 aromatic heterocycles. The van der Waals surface area contributed by atoms with Gasteiger partial charge in [-0.15, -0.1) is 0 Å². The summed E-state index contributed by atoms with van der Waals surface area (Å²) in [7, 11) is 0. The van der Waals surface area contributed by atoms with Crippen LogP contribution in [0.1, 0.15) is 84.6 Å². The maximum atomic E-state index is 13.3. The number of ether oxygens (including phenoxy) is 3. The molecule has 2 amide bonds. The first-order chi connectivity index (χ1) is 18.5. The van der Waals surface area contributed by atoms with Gasteiger partial charge < -0.3 is 24.8 Å². The second-order valence-corrected chi connectivity index (χ2v) is 12.6. The average Bonchev–Trinajstić information content (AvgIpc) is 3.35. The van der Waals surface area contributed by atoms with Gasteiger partial charge in [0, 0.05) is 17.9 Å². The molecule has 0 radical (unpaired) electrons. The van der Waals surface area contributed by atoms with Crippen molar-refractivity contribution in [2.45, 2.75) is 110 Å². The van der Waals surface area contributed by atoms with Gasteiger partial charge in [-0.25, -0.2) is 0 Å². The predicted molar refractivity (Wildman–Crippen MR) is 148 cm³/mol. The molecule has 1 aromatic rings. The SMILES string of the molecule is CC1(C)OCC(C)(C)C(C(=O)NCCC(=O)OC2CCCCC2NC(=O)C2CCCC2Cc2ccccc2)O1. The Kier molecular flexibility index (Phi) is 9.70. The molecule has 2 saturated carbocycles. The lowest BCUT2D eigenvalue weighted by Crippen LogP contribution is -2.56. The van der Waals surface area contributed by atoms with Crippen LogP contribution in [0.2, 0.25) is 0 Å². The molecule has 5 unspecified atom stereocenters. The number of nitrogens with one attached hydrogen (secondary N) is 2. The van der Waals surface area contributed by atoms with Crippen molar-refractivity contribution in [1.29, 1.82) is 0 Å². The highest BCUT2D eigenvalue weighted by molar-refractivity contribution is 5.82. The maximum absolute atomic E-state index is 13.3. The molecule has 0 bridgehead atoms. The van der Waals surface area contributed by atoms with Crippen molar-refractivity contribution in [1.82, 2.24) is 10.6 Å². The Morgan fingerprint density at radius 2 is 1.69 bits per heavy atom. The van der Waals surface area contributed by atoms with Gasteiger partial charge in [0.2, 0.25) is 11.8 Å². The van der Waals surface area contributed by atoms with Crippen molar-refractivity contribution in [3.8, 4) is 0 Å². The fraction of sp³-hybridized carbons (Fsp3) is 0.710. The number of carbonyl (C=O) groups excluding carboxylic acids is 3. The zero-order valence-corrected chi connectivity index (χ0v) is 24.0. The van der Waals surface area contributed by atoms with Crippen LogP contribution < -0.4 is 10.6 Å². The van der Waals surface area contributed by atoms with E-state index in [0.717, 1.165) is 51.4 Å². The predicted octanol–water partition coefficient (Wildman–Crippen LogP) is 4.30. The zero-order chi connectivity index (χ0) is 28.0. The normalized spacial score (nSPS) is 29.8. The van der Waals surface area contributed by atoms with E-state index >= 15 is 0 Å². The summed E-state index contributed by atoms with van der Waals surface area (Å²) in [6, 6.07) is 10.2. The summed E-state index contributed by atoms with van der Waals surface area (Å²) in [5, 5.41) is 6.08. The van der Waals surface area contributed by atoms with E-state index in [9.17, 15) is 14.4 Å². The van der Waals surface area contributed by atoms with Crippen LogP contribution >= 0.6 is 0 Å². The minimum Gasteiger partial charge on any atom is -0.460 e. The first-order valence-corrected chi connectivity index (χ1v) is 14.7. The second-order valence-electron chi connectivity index (χ2n) is 12.6. The Morgan fingerprint density at radius 3 is 2.46 bits per heavy atom. The van der Waals surface area contributed by atoms with Crippen LogP contribution in [0.4, 0.5) is 0 Å². The van der Waals surface area contributed by atoms with Gasteiger partial charge in [0.15, 0.2) is 5.79 Å². The summed E-state index contributed by atoms with van der Waals surface area (Å²) in [6.45, 7) is 8.00. The van der Waals surface area contributed by atoms with Crippen molar-refractivity contribution in [3.05, 3.63) is 35.9 Å².